The van der Waals surface area contributed by atoms with Crippen LogP contribution in [-0.2, 0) is 0 Å². The van der Waals surface area contributed by atoms with E-state index in [1.54, 1.807) is 4.90 Å². The molecule has 98 valence electrons. The monoisotopic (exact) mass is 256 g/mol. The van der Waals surface area contributed by atoms with Crippen molar-refractivity contribution in [2.24, 2.45) is 0 Å². The van der Waals surface area contributed by atoms with Gasteiger partial charge in [-0.1, -0.05) is 0 Å². The third kappa shape index (κ3) is 2.32. The summed E-state index contributed by atoms with van der Waals surface area (Å²) in [5.74, 6) is -2.82. The molecule has 0 spiro atoms. The van der Waals surface area contributed by atoms with Gasteiger partial charge in [0.25, 0.3) is 0 Å². The van der Waals surface area contributed by atoms with Crippen LogP contribution in [0.2, 0.25) is 0 Å². The van der Waals surface area contributed by atoms with Crippen LogP contribution in [-0.4, -0.2) is 25.2 Å². The molecule has 1 aliphatic heterocycles. The van der Waals surface area contributed by atoms with Gasteiger partial charge in [0.1, 0.15) is 5.82 Å². The summed E-state index contributed by atoms with van der Waals surface area (Å²) in [7, 11) is 0. The van der Waals surface area contributed by atoms with Crippen LogP contribution in [0.15, 0.2) is 12.1 Å². The fraction of sp³-hybridized carbons (Fsp3) is 0.538. The number of hydrogen-bond donors (Lipinski definition) is 1. The van der Waals surface area contributed by atoms with Gasteiger partial charge in [-0.3, -0.25) is 0 Å². The maximum Gasteiger partial charge on any atom is 0.161 e. The largest absolute Gasteiger partial charge is 0.367 e. The highest BCUT2D eigenvalue weighted by Crippen LogP contribution is 2.27. The molecule has 2 fully saturated rings. The van der Waals surface area contributed by atoms with Crippen LogP contribution in [0.5, 0.6) is 0 Å². The number of halogens is 3. The molecular weight excluding hydrogens is 241 g/mol. The van der Waals surface area contributed by atoms with Crippen molar-refractivity contribution in [2.75, 3.05) is 18.0 Å². The first-order chi connectivity index (χ1) is 8.63. The lowest BCUT2D eigenvalue weighted by atomic mass is 10.2. The predicted molar refractivity (Wildman–Crippen MR) is 63.1 cm³/mol. The minimum Gasteiger partial charge on any atom is -0.367 e. The average Bonchev–Trinajstić information content (AvgIpc) is 3.01. The second kappa shape index (κ2) is 4.46. The number of hydrogen-bond acceptors (Lipinski definition) is 2. The molecule has 1 saturated heterocycles. The Bertz CT molecular complexity index is 460. The van der Waals surface area contributed by atoms with Crippen LogP contribution < -0.4 is 10.2 Å². The Kier molecular flexibility index (Phi) is 2.93. The van der Waals surface area contributed by atoms with Gasteiger partial charge in [-0.05, 0) is 19.3 Å². The van der Waals surface area contributed by atoms with E-state index in [9.17, 15) is 13.2 Å². The SMILES string of the molecule is Fc1cc(F)c(N2CCC(NC3CC3)C2)cc1F. The quantitative estimate of drug-likeness (QED) is 0.836. The molecule has 1 N–H and O–H groups in total. The van der Waals surface area contributed by atoms with E-state index in [-0.39, 0.29) is 5.69 Å². The van der Waals surface area contributed by atoms with E-state index in [4.69, 9.17) is 0 Å². The number of anilines is 1. The molecule has 1 atom stereocenters. The molecule has 0 bridgehead atoms. The molecule has 3 rings (SSSR count). The molecule has 2 aliphatic rings. The highest BCUT2D eigenvalue weighted by atomic mass is 19.2. The van der Waals surface area contributed by atoms with E-state index >= 15 is 0 Å². The summed E-state index contributed by atoms with van der Waals surface area (Å²) < 4.78 is 39.6. The average molecular weight is 256 g/mol. The third-order valence-corrected chi connectivity index (χ3v) is 3.57. The van der Waals surface area contributed by atoms with Crippen molar-refractivity contribution in [2.45, 2.75) is 31.3 Å². The molecule has 18 heavy (non-hydrogen) atoms. The standard InChI is InChI=1S/C13H15F3N2/c14-10-5-12(16)13(6-11(10)15)18-4-3-9(7-18)17-8-1-2-8/h5-6,8-9,17H,1-4,7H2. The van der Waals surface area contributed by atoms with Gasteiger partial charge in [-0.15, -0.1) is 0 Å². The van der Waals surface area contributed by atoms with Crippen LogP contribution in [0.4, 0.5) is 18.9 Å². The van der Waals surface area contributed by atoms with Crippen LogP contribution in [0, 0.1) is 17.5 Å². The highest BCUT2D eigenvalue weighted by Gasteiger charge is 2.30. The number of nitrogens with one attached hydrogen (secondary N) is 1. The summed E-state index contributed by atoms with van der Waals surface area (Å²) in [5.41, 5.74) is 0.161. The molecule has 0 radical (unpaired) electrons. The Morgan fingerprint density at radius 1 is 0.944 bits per heavy atom. The topological polar surface area (TPSA) is 15.3 Å². The van der Waals surface area contributed by atoms with E-state index < -0.39 is 17.5 Å². The first kappa shape index (κ1) is 11.8. The number of rotatable bonds is 3. The summed E-state index contributed by atoms with van der Waals surface area (Å²) in [4.78, 5) is 1.78. The highest BCUT2D eigenvalue weighted by molar-refractivity contribution is 5.49. The van der Waals surface area contributed by atoms with Crippen molar-refractivity contribution in [3.05, 3.63) is 29.6 Å². The zero-order chi connectivity index (χ0) is 12.7. The van der Waals surface area contributed by atoms with Crippen LogP contribution in [0.1, 0.15) is 19.3 Å². The van der Waals surface area contributed by atoms with Gasteiger partial charge >= 0.3 is 0 Å². The minimum absolute atomic E-state index is 0.161. The predicted octanol–water partition coefficient (Wildman–Crippen LogP) is 2.43. The van der Waals surface area contributed by atoms with Crippen molar-refractivity contribution < 1.29 is 13.2 Å². The Morgan fingerprint density at radius 3 is 2.39 bits per heavy atom. The molecule has 1 heterocycles. The lowest BCUT2D eigenvalue weighted by Crippen LogP contribution is -2.34. The summed E-state index contributed by atoms with van der Waals surface area (Å²) in [6, 6.07) is 2.49. The van der Waals surface area contributed by atoms with Gasteiger partial charge in [0.05, 0.1) is 5.69 Å². The van der Waals surface area contributed by atoms with Gasteiger partial charge in [-0.2, -0.15) is 0 Å². The van der Waals surface area contributed by atoms with E-state index in [1.807, 2.05) is 0 Å². The van der Waals surface area contributed by atoms with Crippen LogP contribution >= 0.6 is 0 Å². The van der Waals surface area contributed by atoms with E-state index in [0.717, 1.165) is 12.5 Å². The lowest BCUT2D eigenvalue weighted by Gasteiger charge is -2.20. The summed E-state index contributed by atoms with van der Waals surface area (Å²) >= 11 is 0. The van der Waals surface area contributed by atoms with E-state index in [1.165, 1.54) is 12.8 Å². The van der Waals surface area contributed by atoms with Crippen LogP contribution in [0.25, 0.3) is 0 Å². The van der Waals surface area contributed by atoms with Crippen molar-refractivity contribution in [1.82, 2.24) is 5.32 Å². The molecule has 5 heteroatoms. The Hall–Kier alpha value is -1.23. The molecule has 1 aromatic carbocycles. The van der Waals surface area contributed by atoms with Gasteiger partial charge in [0, 0.05) is 37.3 Å². The molecule has 2 nitrogen and oxygen atoms in total. The molecule has 0 amide bonds. The first-order valence-corrected chi connectivity index (χ1v) is 6.29. The second-order valence-electron chi connectivity index (χ2n) is 5.09. The van der Waals surface area contributed by atoms with Crippen molar-refractivity contribution >= 4 is 5.69 Å². The molecule has 1 saturated carbocycles. The molecule has 1 unspecified atom stereocenters. The molecule has 1 aromatic rings. The van der Waals surface area contributed by atoms with Crippen molar-refractivity contribution in [3.8, 4) is 0 Å². The van der Waals surface area contributed by atoms with Gasteiger partial charge in [-0.25, -0.2) is 13.2 Å². The summed E-state index contributed by atoms with van der Waals surface area (Å²) in [6.45, 7) is 1.32. The van der Waals surface area contributed by atoms with Crippen LogP contribution in [0.3, 0.4) is 0 Å². The smallest absolute Gasteiger partial charge is 0.161 e. The Morgan fingerprint density at radius 2 is 1.67 bits per heavy atom. The maximum atomic E-state index is 13.6. The number of nitrogens with zero attached hydrogens (tertiary/aromatic N) is 1. The van der Waals surface area contributed by atoms with Crippen molar-refractivity contribution in [3.63, 3.8) is 0 Å². The van der Waals surface area contributed by atoms with Gasteiger partial charge in [0.2, 0.25) is 0 Å². The maximum absolute atomic E-state index is 13.6. The minimum atomic E-state index is -1.14. The van der Waals surface area contributed by atoms with Crippen molar-refractivity contribution in [1.29, 1.82) is 0 Å². The van der Waals surface area contributed by atoms with E-state index in [0.29, 0.717) is 31.2 Å². The summed E-state index contributed by atoms with van der Waals surface area (Å²) in [6.07, 6.45) is 3.32. The van der Waals surface area contributed by atoms with Gasteiger partial charge < -0.3 is 10.2 Å². The fourth-order valence-corrected chi connectivity index (χ4v) is 2.45. The normalized spacial score (nSPS) is 23.7. The Labute approximate surface area is 104 Å². The lowest BCUT2D eigenvalue weighted by molar-refractivity contribution is 0.494. The molecule has 0 aromatic heterocycles. The second-order valence-corrected chi connectivity index (χ2v) is 5.09. The third-order valence-electron chi connectivity index (χ3n) is 3.57. The molecular formula is C13H15F3N2. The fourth-order valence-electron chi connectivity index (χ4n) is 2.45. The van der Waals surface area contributed by atoms with Gasteiger partial charge in [0.15, 0.2) is 11.6 Å². The first-order valence-electron chi connectivity index (χ1n) is 6.29. The Balaban J connectivity index is 1.73. The van der Waals surface area contributed by atoms with E-state index in [2.05, 4.69) is 5.32 Å². The zero-order valence-corrected chi connectivity index (χ0v) is 9.93. The zero-order valence-electron chi connectivity index (χ0n) is 9.93. The summed E-state index contributed by atoms with van der Waals surface area (Å²) in [5, 5.41) is 3.47. The molecule has 1 aliphatic carbocycles. The number of benzene rings is 1.